The predicted molar refractivity (Wildman–Crippen MR) is 96.6 cm³/mol. The standard InChI is InChI=1S/C17H18N4O2S/c1-24(22,23)21-14-8-6-13(7-9-14)10-11-18-17-15-4-2-3-5-16(15)19-12-20-17/h2-9,12,21H,10-11H2,1H3,(H,18,19,20). The number of fused-ring (bicyclic) bond motifs is 1. The van der Waals surface area contributed by atoms with Gasteiger partial charge in [-0.05, 0) is 36.2 Å². The van der Waals surface area contributed by atoms with Crippen LogP contribution in [0.5, 0.6) is 0 Å². The number of hydrogen-bond donors (Lipinski definition) is 2. The van der Waals surface area contributed by atoms with E-state index in [-0.39, 0.29) is 0 Å². The maximum Gasteiger partial charge on any atom is 0.229 e. The van der Waals surface area contributed by atoms with Gasteiger partial charge in [-0.2, -0.15) is 0 Å². The van der Waals surface area contributed by atoms with E-state index < -0.39 is 10.0 Å². The minimum Gasteiger partial charge on any atom is -0.369 e. The molecule has 1 aromatic heterocycles. The molecule has 6 nitrogen and oxygen atoms in total. The Morgan fingerprint density at radius 3 is 2.50 bits per heavy atom. The number of nitrogens with zero attached hydrogens (tertiary/aromatic N) is 2. The first-order valence-electron chi connectivity index (χ1n) is 7.52. The normalized spacial score (nSPS) is 11.4. The fourth-order valence-electron chi connectivity index (χ4n) is 2.42. The highest BCUT2D eigenvalue weighted by Gasteiger charge is 2.03. The third-order valence-electron chi connectivity index (χ3n) is 3.51. The van der Waals surface area contributed by atoms with E-state index in [4.69, 9.17) is 0 Å². The van der Waals surface area contributed by atoms with Crippen molar-refractivity contribution >= 4 is 32.4 Å². The summed E-state index contributed by atoms with van der Waals surface area (Å²) in [5.41, 5.74) is 2.59. The Morgan fingerprint density at radius 1 is 1.00 bits per heavy atom. The zero-order valence-corrected chi connectivity index (χ0v) is 14.0. The lowest BCUT2D eigenvalue weighted by molar-refractivity contribution is 0.607. The van der Waals surface area contributed by atoms with Gasteiger partial charge in [0.05, 0.1) is 11.8 Å². The molecule has 0 unspecified atom stereocenters. The number of aromatic nitrogens is 2. The number of para-hydroxylation sites is 1. The van der Waals surface area contributed by atoms with Crippen molar-refractivity contribution in [3.8, 4) is 0 Å². The number of anilines is 2. The van der Waals surface area contributed by atoms with Crippen LogP contribution < -0.4 is 10.0 Å². The molecule has 1 heterocycles. The zero-order valence-electron chi connectivity index (χ0n) is 13.2. The van der Waals surface area contributed by atoms with Crippen molar-refractivity contribution in [2.45, 2.75) is 6.42 Å². The summed E-state index contributed by atoms with van der Waals surface area (Å²) < 4.78 is 24.8. The third-order valence-corrected chi connectivity index (χ3v) is 4.11. The Balaban J connectivity index is 1.62. The van der Waals surface area contributed by atoms with E-state index in [0.29, 0.717) is 5.69 Å². The van der Waals surface area contributed by atoms with E-state index >= 15 is 0 Å². The van der Waals surface area contributed by atoms with Crippen molar-refractivity contribution < 1.29 is 8.42 Å². The van der Waals surface area contributed by atoms with Crippen molar-refractivity contribution in [1.82, 2.24) is 9.97 Å². The van der Waals surface area contributed by atoms with E-state index in [2.05, 4.69) is 20.0 Å². The number of rotatable bonds is 6. The first-order valence-corrected chi connectivity index (χ1v) is 9.41. The Labute approximate surface area is 141 Å². The number of nitrogens with one attached hydrogen (secondary N) is 2. The highest BCUT2D eigenvalue weighted by atomic mass is 32.2. The van der Waals surface area contributed by atoms with E-state index in [1.165, 1.54) is 0 Å². The average Bonchev–Trinajstić information content (AvgIpc) is 2.55. The van der Waals surface area contributed by atoms with Crippen LogP contribution in [0.25, 0.3) is 10.9 Å². The molecule has 3 aromatic rings. The van der Waals surface area contributed by atoms with E-state index in [0.717, 1.165) is 41.5 Å². The number of hydrogen-bond acceptors (Lipinski definition) is 5. The molecule has 0 spiro atoms. The number of benzene rings is 2. The lowest BCUT2D eigenvalue weighted by Gasteiger charge is -2.09. The van der Waals surface area contributed by atoms with Crippen molar-refractivity contribution in [2.24, 2.45) is 0 Å². The quantitative estimate of drug-likeness (QED) is 0.719. The Bertz CT molecular complexity index is 935. The van der Waals surface area contributed by atoms with Crippen molar-refractivity contribution in [2.75, 3.05) is 22.8 Å². The van der Waals surface area contributed by atoms with Crippen molar-refractivity contribution in [3.63, 3.8) is 0 Å². The monoisotopic (exact) mass is 342 g/mol. The van der Waals surface area contributed by atoms with Gasteiger partial charge in [-0.1, -0.05) is 24.3 Å². The molecule has 0 saturated heterocycles. The Kier molecular flexibility index (Phi) is 4.61. The molecule has 3 rings (SSSR count). The highest BCUT2D eigenvalue weighted by Crippen LogP contribution is 2.18. The molecular weight excluding hydrogens is 324 g/mol. The van der Waals surface area contributed by atoms with Crippen LogP contribution in [0.3, 0.4) is 0 Å². The summed E-state index contributed by atoms with van der Waals surface area (Å²) in [5, 5.41) is 4.32. The summed E-state index contributed by atoms with van der Waals surface area (Å²) in [5.74, 6) is 0.816. The van der Waals surface area contributed by atoms with Crippen molar-refractivity contribution in [1.29, 1.82) is 0 Å². The van der Waals surface area contributed by atoms with Gasteiger partial charge in [0.2, 0.25) is 10.0 Å². The van der Waals surface area contributed by atoms with Crippen LogP contribution in [-0.2, 0) is 16.4 Å². The second-order valence-corrected chi connectivity index (χ2v) is 7.24. The highest BCUT2D eigenvalue weighted by molar-refractivity contribution is 7.92. The van der Waals surface area contributed by atoms with Crippen LogP contribution in [0.1, 0.15) is 5.56 Å². The van der Waals surface area contributed by atoms with Crippen LogP contribution in [0.4, 0.5) is 11.5 Å². The van der Waals surface area contributed by atoms with Gasteiger partial charge < -0.3 is 5.32 Å². The molecule has 0 atom stereocenters. The predicted octanol–water partition coefficient (Wildman–Crippen LogP) is 2.66. The molecule has 0 aliphatic heterocycles. The van der Waals surface area contributed by atoms with Crippen LogP contribution in [0.15, 0.2) is 54.9 Å². The zero-order chi connectivity index (χ0) is 17.0. The van der Waals surface area contributed by atoms with Crippen LogP contribution in [0, 0.1) is 0 Å². The molecule has 2 N–H and O–H groups in total. The molecule has 0 amide bonds. The SMILES string of the molecule is CS(=O)(=O)Nc1ccc(CCNc2ncnc3ccccc23)cc1. The van der Waals surface area contributed by atoms with Gasteiger partial charge in [0.25, 0.3) is 0 Å². The van der Waals surface area contributed by atoms with Gasteiger partial charge >= 0.3 is 0 Å². The Hall–Kier alpha value is -2.67. The fourth-order valence-corrected chi connectivity index (χ4v) is 2.99. The summed E-state index contributed by atoms with van der Waals surface area (Å²) in [4.78, 5) is 8.53. The van der Waals surface area contributed by atoms with Crippen LogP contribution in [-0.4, -0.2) is 31.2 Å². The van der Waals surface area contributed by atoms with E-state index in [1.807, 2.05) is 36.4 Å². The molecule has 0 aliphatic rings. The largest absolute Gasteiger partial charge is 0.369 e. The topological polar surface area (TPSA) is 84.0 Å². The molecule has 0 fully saturated rings. The molecule has 7 heteroatoms. The molecule has 0 aliphatic carbocycles. The molecule has 0 saturated carbocycles. The Morgan fingerprint density at radius 2 is 1.75 bits per heavy atom. The van der Waals surface area contributed by atoms with Crippen molar-refractivity contribution in [3.05, 3.63) is 60.4 Å². The van der Waals surface area contributed by atoms with Gasteiger partial charge in [0, 0.05) is 17.6 Å². The van der Waals surface area contributed by atoms with Gasteiger partial charge in [-0.15, -0.1) is 0 Å². The van der Waals surface area contributed by atoms with Gasteiger partial charge in [-0.3, -0.25) is 4.72 Å². The smallest absolute Gasteiger partial charge is 0.229 e. The van der Waals surface area contributed by atoms with Crippen LogP contribution >= 0.6 is 0 Å². The fraction of sp³-hybridized carbons (Fsp3) is 0.176. The van der Waals surface area contributed by atoms with E-state index in [1.54, 1.807) is 18.5 Å². The summed E-state index contributed by atoms with van der Waals surface area (Å²) in [6.45, 7) is 0.722. The second-order valence-electron chi connectivity index (χ2n) is 5.49. The lowest BCUT2D eigenvalue weighted by atomic mass is 10.1. The van der Waals surface area contributed by atoms with Gasteiger partial charge in [-0.25, -0.2) is 18.4 Å². The number of sulfonamides is 1. The molecule has 2 aromatic carbocycles. The summed E-state index contributed by atoms with van der Waals surface area (Å²) in [7, 11) is -3.24. The molecule has 24 heavy (non-hydrogen) atoms. The average molecular weight is 342 g/mol. The summed E-state index contributed by atoms with van der Waals surface area (Å²) in [6, 6.07) is 15.2. The molecule has 0 radical (unpaired) electrons. The third kappa shape index (κ3) is 4.20. The first kappa shape index (κ1) is 16.2. The van der Waals surface area contributed by atoms with Crippen LogP contribution in [0.2, 0.25) is 0 Å². The minimum atomic E-state index is -3.24. The summed E-state index contributed by atoms with van der Waals surface area (Å²) >= 11 is 0. The lowest BCUT2D eigenvalue weighted by Crippen LogP contribution is -2.10. The maximum atomic E-state index is 11.2. The molecule has 124 valence electrons. The maximum absolute atomic E-state index is 11.2. The minimum absolute atomic E-state index is 0.566. The first-order chi connectivity index (χ1) is 11.5. The molecule has 0 bridgehead atoms. The molecular formula is C17H18N4O2S. The van der Waals surface area contributed by atoms with E-state index in [9.17, 15) is 8.42 Å². The summed E-state index contributed by atoms with van der Waals surface area (Å²) in [6.07, 6.45) is 3.49. The van der Waals surface area contributed by atoms with Gasteiger partial charge in [0.15, 0.2) is 0 Å². The van der Waals surface area contributed by atoms with Gasteiger partial charge in [0.1, 0.15) is 12.1 Å². The second kappa shape index (κ2) is 6.84.